The van der Waals surface area contributed by atoms with Gasteiger partial charge < -0.3 is 15.0 Å². The molecule has 2 aromatic rings. The fourth-order valence-electron chi connectivity index (χ4n) is 1.75. The van der Waals surface area contributed by atoms with Crippen molar-refractivity contribution in [2.24, 2.45) is 5.73 Å². The quantitative estimate of drug-likeness (QED) is 0.864. The van der Waals surface area contributed by atoms with Gasteiger partial charge in [0.05, 0.1) is 12.2 Å². The molecule has 0 saturated heterocycles. The van der Waals surface area contributed by atoms with E-state index in [1.807, 2.05) is 38.1 Å². The molecule has 0 aliphatic carbocycles. The lowest BCUT2D eigenvalue weighted by molar-refractivity contribution is 0.340. The second-order valence-corrected chi connectivity index (χ2v) is 4.31. The van der Waals surface area contributed by atoms with E-state index in [0.29, 0.717) is 24.7 Å². The van der Waals surface area contributed by atoms with Crippen molar-refractivity contribution in [3.05, 3.63) is 30.2 Å². The summed E-state index contributed by atoms with van der Waals surface area (Å²) in [6.45, 7) is 4.58. The van der Waals surface area contributed by atoms with Crippen LogP contribution in [0.1, 0.15) is 26.2 Å². The van der Waals surface area contributed by atoms with E-state index in [-0.39, 0.29) is 6.04 Å². The second kappa shape index (κ2) is 6.33. The van der Waals surface area contributed by atoms with Crippen LogP contribution >= 0.6 is 0 Å². The van der Waals surface area contributed by atoms with Gasteiger partial charge in [0.2, 0.25) is 11.7 Å². The first kappa shape index (κ1) is 13.5. The Hall–Kier alpha value is -1.88. The van der Waals surface area contributed by atoms with Gasteiger partial charge >= 0.3 is 0 Å². The monoisotopic (exact) mass is 261 g/mol. The molecule has 1 heterocycles. The number of para-hydroxylation sites is 1. The van der Waals surface area contributed by atoms with Gasteiger partial charge in [0.1, 0.15) is 5.75 Å². The highest BCUT2D eigenvalue weighted by molar-refractivity contribution is 5.63. The molecular formula is C14H19N3O2. The van der Waals surface area contributed by atoms with Crippen LogP contribution in [0.25, 0.3) is 11.4 Å². The van der Waals surface area contributed by atoms with Crippen molar-refractivity contribution >= 4 is 0 Å². The van der Waals surface area contributed by atoms with Crippen LogP contribution in [0.2, 0.25) is 0 Å². The molecule has 0 amide bonds. The third-order valence-electron chi connectivity index (χ3n) is 2.86. The van der Waals surface area contributed by atoms with E-state index in [2.05, 4.69) is 10.1 Å². The molecule has 0 spiro atoms. The average Bonchev–Trinajstić information content (AvgIpc) is 2.88. The van der Waals surface area contributed by atoms with Gasteiger partial charge in [0, 0.05) is 12.5 Å². The number of nitrogens with two attached hydrogens (primary N) is 1. The Balaban J connectivity index is 2.22. The topological polar surface area (TPSA) is 74.2 Å². The molecule has 19 heavy (non-hydrogen) atoms. The number of rotatable bonds is 6. The fraction of sp³-hybridized carbons (Fsp3) is 0.429. The van der Waals surface area contributed by atoms with Crippen molar-refractivity contribution in [2.75, 3.05) is 6.61 Å². The van der Waals surface area contributed by atoms with Gasteiger partial charge in [-0.3, -0.25) is 0 Å². The van der Waals surface area contributed by atoms with Gasteiger partial charge in [0.25, 0.3) is 0 Å². The molecule has 0 fully saturated rings. The molecule has 0 bridgehead atoms. The summed E-state index contributed by atoms with van der Waals surface area (Å²) >= 11 is 0. The molecule has 0 aliphatic rings. The third kappa shape index (κ3) is 3.32. The number of hydrogen-bond acceptors (Lipinski definition) is 5. The van der Waals surface area contributed by atoms with Crippen LogP contribution in [-0.4, -0.2) is 22.8 Å². The Morgan fingerprint density at radius 1 is 1.32 bits per heavy atom. The molecule has 5 nitrogen and oxygen atoms in total. The van der Waals surface area contributed by atoms with Gasteiger partial charge in [-0.25, -0.2) is 0 Å². The molecule has 1 unspecified atom stereocenters. The maximum atomic E-state index is 5.88. The van der Waals surface area contributed by atoms with Crippen LogP contribution in [-0.2, 0) is 6.42 Å². The minimum absolute atomic E-state index is 0.0513. The van der Waals surface area contributed by atoms with Gasteiger partial charge in [0.15, 0.2) is 0 Å². The van der Waals surface area contributed by atoms with E-state index in [1.54, 1.807) is 0 Å². The van der Waals surface area contributed by atoms with Crippen LogP contribution in [0.3, 0.4) is 0 Å². The zero-order valence-electron chi connectivity index (χ0n) is 11.3. The summed E-state index contributed by atoms with van der Waals surface area (Å²) in [5, 5.41) is 4.00. The van der Waals surface area contributed by atoms with Crippen LogP contribution in [0.4, 0.5) is 0 Å². The summed E-state index contributed by atoms with van der Waals surface area (Å²) in [7, 11) is 0. The van der Waals surface area contributed by atoms with E-state index in [4.69, 9.17) is 15.0 Å². The maximum Gasteiger partial charge on any atom is 0.228 e. The highest BCUT2D eigenvalue weighted by atomic mass is 16.5. The van der Waals surface area contributed by atoms with E-state index in [1.165, 1.54) is 0 Å². The smallest absolute Gasteiger partial charge is 0.228 e. The largest absolute Gasteiger partial charge is 0.493 e. The minimum atomic E-state index is 0.0513. The van der Waals surface area contributed by atoms with Gasteiger partial charge in [-0.1, -0.05) is 24.2 Å². The van der Waals surface area contributed by atoms with Crippen molar-refractivity contribution in [2.45, 2.75) is 32.7 Å². The molecule has 5 heteroatoms. The van der Waals surface area contributed by atoms with Crippen molar-refractivity contribution < 1.29 is 9.26 Å². The molecule has 1 aromatic carbocycles. The van der Waals surface area contributed by atoms with Crippen LogP contribution in [0.15, 0.2) is 28.8 Å². The molecule has 1 atom stereocenters. The summed E-state index contributed by atoms with van der Waals surface area (Å²) in [5.41, 5.74) is 6.72. The summed E-state index contributed by atoms with van der Waals surface area (Å²) in [6.07, 6.45) is 1.48. The van der Waals surface area contributed by atoms with Gasteiger partial charge in [-0.2, -0.15) is 4.98 Å². The van der Waals surface area contributed by atoms with Crippen LogP contribution < -0.4 is 10.5 Å². The minimum Gasteiger partial charge on any atom is -0.493 e. The Morgan fingerprint density at radius 3 is 2.84 bits per heavy atom. The van der Waals surface area contributed by atoms with Crippen molar-refractivity contribution in [1.29, 1.82) is 0 Å². The lowest BCUT2D eigenvalue weighted by Crippen LogP contribution is -2.21. The fourth-order valence-corrected chi connectivity index (χ4v) is 1.75. The standard InChI is InChI=1S/C14H19N3O2/c1-3-10(15)9-13-16-14(17-19-13)11-7-5-6-8-12(11)18-4-2/h5-8,10H,3-4,9,15H2,1-2H3. The van der Waals surface area contributed by atoms with Crippen molar-refractivity contribution in [3.8, 4) is 17.1 Å². The number of aromatic nitrogens is 2. The van der Waals surface area contributed by atoms with Crippen LogP contribution in [0, 0.1) is 0 Å². The average molecular weight is 261 g/mol. The van der Waals surface area contributed by atoms with Gasteiger partial charge in [-0.15, -0.1) is 0 Å². The van der Waals surface area contributed by atoms with E-state index < -0.39 is 0 Å². The maximum absolute atomic E-state index is 5.88. The van der Waals surface area contributed by atoms with Crippen molar-refractivity contribution in [3.63, 3.8) is 0 Å². The molecule has 2 N–H and O–H groups in total. The van der Waals surface area contributed by atoms with E-state index >= 15 is 0 Å². The lowest BCUT2D eigenvalue weighted by atomic mass is 10.1. The molecule has 0 aliphatic heterocycles. The molecule has 1 aromatic heterocycles. The normalized spacial score (nSPS) is 12.4. The lowest BCUT2D eigenvalue weighted by Gasteiger charge is -2.06. The predicted octanol–water partition coefficient (Wildman–Crippen LogP) is 2.42. The molecular weight excluding hydrogens is 242 g/mol. The third-order valence-corrected chi connectivity index (χ3v) is 2.86. The Bertz CT molecular complexity index is 525. The molecule has 0 radical (unpaired) electrons. The van der Waals surface area contributed by atoms with Gasteiger partial charge in [-0.05, 0) is 25.5 Å². The van der Waals surface area contributed by atoms with E-state index in [0.717, 1.165) is 17.7 Å². The first-order valence-electron chi connectivity index (χ1n) is 6.55. The molecule has 102 valence electrons. The Kier molecular flexibility index (Phi) is 4.52. The first-order valence-corrected chi connectivity index (χ1v) is 6.55. The molecule has 2 rings (SSSR count). The Morgan fingerprint density at radius 2 is 2.11 bits per heavy atom. The highest BCUT2D eigenvalue weighted by Gasteiger charge is 2.14. The zero-order valence-corrected chi connectivity index (χ0v) is 11.3. The summed E-state index contributed by atoms with van der Waals surface area (Å²) in [5.74, 6) is 1.87. The predicted molar refractivity (Wildman–Crippen MR) is 72.9 cm³/mol. The van der Waals surface area contributed by atoms with Crippen molar-refractivity contribution in [1.82, 2.24) is 10.1 Å². The second-order valence-electron chi connectivity index (χ2n) is 4.31. The summed E-state index contributed by atoms with van der Waals surface area (Å²) in [4.78, 5) is 4.37. The first-order chi connectivity index (χ1) is 9.24. The summed E-state index contributed by atoms with van der Waals surface area (Å²) in [6, 6.07) is 7.70. The number of nitrogens with zero attached hydrogens (tertiary/aromatic N) is 2. The summed E-state index contributed by atoms with van der Waals surface area (Å²) < 4.78 is 10.8. The SMILES string of the molecule is CCOc1ccccc1-c1noc(CC(N)CC)n1. The van der Waals surface area contributed by atoms with Crippen LogP contribution in [0.5, 0.6) is 5.75 Å². The Labute approximate surface area is 112 Å². The number of hydrogen-bond donors (Lipinski definition) is 1. The zero-order chi connectivity index (χ0) is 13.7. The number of benzene rings is 1. The van der Waals surface area contributed by atoms with E-state index in [9.17, 15) is 0 Å². The molecule has 0 saturated carbocycles. The number of ether oxygens (including phenoxy) is 1. The highest BCUT2D eigenvalue weighted by Crippen LogP contribution is 2.27.